The first-order valence-corrected chi connectivity index (χ1v) is 7.04. The molecule has 4 nitrogen and oxygen atoms in total. The third-order valence-corrected chi connectivity index (χ3v) is 3.79. The van der Waals surface area contributed by atoms with Crippen molar-refractivity contribution in [3.05, 3.63) is 36.2 Å². The van der Waals surface area contributed by atoms with Gasteiger partial charge in [-0.1, -0.05) is 0 Å². The first-order chi connectivity index (χ1) is 9.36. The minimum absolute atomic E-state index is 0.770. The van der Waals surface area contributed by atoms with E-state index in [1.165, 1.54) is 12.0 Å². The van der Waals surface area contributed by atoms with Crippen molar-refractivity contribution in [2.75, 3.05) is 13.1 Å². The van der Waals surface area contributed by atoms with Crippen LogP contribution in [0.1, 0.15) is 18.9 Å². The first-order valence-electron chi connectivity index (χ1n) is 7.04. The van der Waals surface area contributed by atoms with Gasteiger partial charge < -0.3 is 5.32 Å². The molecule has 0 radical (unpaired) electrons. The summed E-state index contributed by atoms with van der Waals surface area (Å²) in [4.78, 5) is 4.49. The Morgan fingerprint density at radius 3 is 3.11 bits per heavy atom. The average molecular weight is 256 g/mol. The Morgan fingerprint density at radius 1 is 1.37 bits per heavy atom. The summed E-state index contributed by atoms with van der Waals surface area (Å²) in [6, 6.07) is 6.38. The normalized spacial score (nSPS) is 18.9. The van der Waals surface area contributed by atoms with E-state index in [9.17, 15) is 0 Å². The number of nitrogens with zero attached hydrogens (tertiary/aromatic N) is 3. The van der Waals surface area contributed by atoms with E-state index in [0.29, 0.717) is 0 Å². The van der Waals surface area contributed by atoms with Crippen LogP contribution in [0.4, 0.5) is 0 Å². The molecule has 0 spiro atoms. The van der Waals surface area contributed by atoms with Crippen LogP contribution < -0.4 is 5.32 Å². The van der Waals surface area contributed by atoms with Crippen molar-refractivity contribution in [2.24, 2.45) is 5.92 Å². The minimum atomic E-state index is 0.770. The van der Waals surface area contributed by atoms with Crippen LogP contribution in [0.5, 0.6) is 0 Å². The molecule has 3 heterocycles. The number of aryl methyl sites for hydroxylation is 1. The Hall–Kier alpha value is -1.68. The predicted molar refractivity (Wildman–Crippen MR) is 75.8 cm³/mol. The molecule has 0 aromatic carbocycles. The van der Waals surface area contributed by atoms with Crippen molar-refractivity contribution in [2.45, 2.75) is 26.3 Å². The molecular formula is C15H20N4. The molecule has 100 valence electrons. The predicted octanol–water partition coefficient (Wildman–Crippen LogP) is 2.12. The van der Waals surface area contributed by atoms with E-state index < -0.39 is 0 Å². The van der Waals surface area contributed by atoms with Gasteiger partial charge in [-0.05, 0) is 62.5 Å². The average Bonchev–Trinajstić information content (AvgIpc) is 3.09. The summed E-state index contributed by atoms with van der Waals surface area (Å²) in [5.74, 6) is 0.770. The quantitative estimate of drug-likeness (QED) is 0.911. The van der Waals surface area contributed by atoms with Crippen LogP contribution in [0.15, 0.2) is 30.6 Å². The highest BCUT2D eigenvalue weighted by atomic mass is 15.3. The van der Waals surface area contributed by atoms with Gasteiger partial charge in [-0.15, -0.1) is 0 Å². The van der Waals surface area contributed by atoms with Gasteiger partial charge in [-0.3, -0.25) is 9.67 Å². The summed E-state index contributed by atoms with van der Waals surface area (Å²) in [6.07, 6.45) is 6.18. The van der Waals surface area contributed by atoms with Crippen LogP contribution in [-0.2, 0) is 13.0 Å². The number of pyridine rings is 1. The molecule has 0 saturated carbocycles. The zero-order valence-electron chi connectivity index (χ0n) is 11.3. The van der Waals surface area contributed by atoms with E-state index in [2.05, 4.69) is 34.5 Å². The van der Waals surface area contributed by atoms with E-state index in [4.69, 9.17) is 0 Å². The number of hydrogen-bond acceptors (Lipinski definition) is 3. The summed E-state index contributed by atoms with van der Waals surface area (Å²) >= 11 is 0. The van der Waals surface area contributed by atoms with Gasteiger partial charge in [0.15, 0.2) is 0 Å². The molecule has 3 rings (SSSR count). The van der Waals surface area contributed by atoms with Crippen LogP contribution in [0.2, 0.25) is 0 Å². The second-order valence-corrected chi connectivity index (χ2v) is 5.14. The van der Waals surface area contributed by atoms with E-state index in [1.54, 1.807) is 0 Å². The molecule has 2 aromatic rings. The van der Waals surface area contributed by atoms with Crippen LogP contribution in [0.3, 0.4) is 0 Å². The Balaban J connectivity index is 1.83. The fraction of sp³-hybridized carbons (Fsp3) is 0.467. The topological polar surface area (TPSA) is 42.7 Å². The molecule has 2 aromatic heterocycles. The molecule has 0 amide bonds. The second kappa shape index (κ2) is 5.53. The van der Waals surface area contributed by atoms with Gasteiger partial charge in [0.2, 0.25) is 0 Å². The SMILES string of the molecule is CCn1nccc1-c1cc(CC2CCNC2)ccn1. The number of nitrogens with one attached hydrogen (secondary N) is 1. The zero-order chi connectivity index (χ0) is 13.1. The minimum Gasteiger partial charge on any atom is -0.316 e. The maximum Gasteiger partial charge on any atom is 0.0885 e. The zero-order valence-corrected chi connectivity index (χ0v) is 11.3. The van der Waals surface area contributed by atoms with E-state index in [1.807, 2.05) is 23.1 Å². The van der Waals surface area contributed by atoms with Crippen LogP contribution in [0, 0.1) is 5.92 Å². The lowest BCUT2D eigenvalue weighted by molar-refractivity contribution is 0.580. The van der Waals surface area contributed by atoms with Gasteiger partial charge >= 0.3 is 0 Å². The molecule has 1 N–H and O–H groups in total. The first kappa shape index (κ1) is 12.4. The molecule has 1 unspecified atom stereocenters. The van der Waals surface area contributed by atoms with Gasteiger partial charge in [0.05, 0.1) is 11.4 Å². The maximum absolute atomic E-state index is 4.49. The van der Waals surface area contributed by atoms with E-state index >= 15 is 0 Å². The molecule has 19 heavy (non-hydrogen) atoms. The van der Waals surface area contributed by atoms with Gasteiger partial charge in [0.25, 0.3) is 0 Å². The molecule has 0 aliphatic carbocycles. The third-order valence-electron chi connectivity index (χ3n) is 3.79. The summed E-state index contributed by atoms with van der Waals surface area (Å²) in [5.41, 5.74) is 3.51. The fourth-order valence-corrected chi connectivity index (χ4v) is 2.77. The van der Waals surface area contributed by atoms with Crippen molar-refractivity contribution in [3.8, 4) is 11.4 Å². The number of aromatic nitrogens is 3. The van der Waals surface area contributed by atoms with Crippen molar-refractivity contribution in [1.29, 1.82) is 0 Å². The van der Waals surface area contributed by atoms with Crippen molar-refractivity contribution >= 4 is 0 Å². The lowest BCUT2D eigenvalue weighted by atomic mass is 9.99. The van der Waals surface area contributed by atoms with Crippen molar-refractivity contribution in [1.82, 2.24) is 20.1 Å². The van der Waals surface area contributed by atoms with Crippen molar-refractivity contribution < 1.29 is 0 Å². The highest BCUT2D eigenvalue weighted by Gasteiger charge is 2.15. The molecule has 4 heteroatoms. The van der Waals surface area contributed by atoms with Crippen LogP contribution in [-0.4, -0.2) is 27.9 Å². The lowest BCUT2D eigenvalue weighted by Gasteiger charge is -2.10. The van der Waals surface area contributed by atoms with E-state index in [-0.39, 0.29) is 0 Å². The molecule has 1 aliphatic rings. The Morgan fingerprint density at radius 2 is 2.32 bits per heavy atom. The summed E-state index contributed by atoms with van der Waals surface area (Å²) in [6.45, 7) is 5.28. The largest absolute Gasteiger partial charge is 0.316 e. The van der Waals surface area contributed by atoms with Crippen LogP contribution in [0.25, 0.3) is 11.4 Å². The molecule has 1 atom stereocenters. The van der Waals surface area contributed by atoms with Crippen molar-refractivity contribution in [3.63, 3.8) is 0 Å². The summed E-state index contributed by atoms with van der Waals surface area (Å²) in [5, 5.41) is 7.73. The monoisotopic (exact) mass is 256 g/mol. The van der Waals surface area contributed by atoms with E-state index in [0.717, 1.165) is 43.4 Å². The van der Waals surface area contributed by atoms with Crippen LogP contribution >= 0.6 is 0 Å². The molecule has 1 fully saturated rings. The summed E-state index contributed by atoms with van der Waals surface area (Å²) < 4.78 is 1.99. The van der Waals surface area contributed by atoms with Gasteiger partial charge in [-0.25, -0.2) is 0 Å². The molecule has 1 aliphatic heterocycles. The molecule has 0 bridgehead atoms. The molecular weight excluding hydrogens is 236 g/mol. The Kier molecular flexibility index (Phi) is 3.60. The highest BCUT2D eigenvalue weighted by molar-refractivity contribution is 5.54. The molecule has 1 saturated heterocycles. The van der Waals surface area contributed by atoms with Gasteiger partial charge in [0, 0.05) is 18.9 Å². The highest BCUT2D eigenvalue weighted by Crippen LogP contribution is 2.20. The smallest absolute Gasteiger partial charge is 0.0885 e. The lowest BCUT2D eigenvalue weighted by Crippen LogP contribution is -2.11. The number of rotatable bonds is 4. The second-order valence-electron chi connectivity index (χ2n) is 5.14. The summed E-state index contributed by atoms with van der Waals surface area (Å²) in [7, 11) is 0. The number of hydrogen-bond donors (Lipinski definition) is 1. The third kappa shape index (κ3) is 2.68. The van der Waals surface area contributed by atoms with Gasteiger partial charge in [0.1, 0.15) is 0 Å². The maximum atomic E-state index is 4.49. The fourth-order valence-electron chi connectivity index (χ4n) is 2.77. The Labute approximate surface area is 113 Å². The standard InChI is InChI=1S/C15H20N4/c1-2-19-15(5-8-18-19)14-10-12(4-7-17-14)9-13-3-6-16-11-13/h4-5,7-8,10,13,16H,2-3,6,9,11H2,1H3. The Bertz CT molecular complexity index is 541. The van der Waals surface area contributed by atoms with Gasteiger partial charge in [-0.2, -0.15) is 5.10 Å².